The molecule has 5 saturated heterocycles. The van der Waals surface area contributed by atoms with Crippen molar-refractivity contribution in [3.63, 3.8) is 0 Å². The molecule has 5 aliphatic heterocycles. The standard InChI is InChI=1S/C55H107N5O16/c1-11-16-21-26-56-36-31(6)69-52(45(65)41(36)61)74-48-42(62)37(57-27-22-17-12-2)33(8)71-54(48)76-50-44(64)39(59-29-24-19-14-4)34(9)72-55(50)75-49-43(63)38(58-28-23-18-13-3)32(7)70-53(49)73-47-40(60-30-25-20-15-5)35(10)68-51(67)46(47)66/h31-67H,11-30H2,1-10H3/t31-,32-,33-,34-,35-,36-,37-,38-,39-,40-,41+,42+,43+,44+,45+,46+,47+,48+,49+,50+,51+,52-,53-,54-,55-/m1/s1. The summed E-state index contributed by atoms with van der Waals surface area (Å²) in [5.41, 5.74) is 0. The van der Waals surface area contributed by atoms with Crippen LogP contribution in [0.25, 0.3) is 0 Å². The van der Waals surface area contributed by atoms with Crippen LogP contribution in [0.5, 0.6) is 0 Å². The Morgan fingerprint density at radius 3 is 0.882 bits per heavy atom. The maximum Gasteiger partial charge on any atom is 0.187 e. The average Bonchev–Trinajstić information content (AvgIpc) is 3.38. The molecule has 25 atom stereocenters. The molecule has 0 unspecified atom stereocenters. The molecule has 5 heterocycles. The molecule has 448 valence electrons. The first kappa shape index (κ1) is 66.0. The second kappa shape index (κ2) is 33.9. The SMILES string of the molecule is CCCCCN[C@H]1[C@H](O)[C@H](O)[C@@H](O[C@@H]2[C@@H](O[C@@H]3[C@@H](O[C@@H]4[C@@H](O[C@@H]5[C@H](O)[C@@H](O)O[C@H](C)[C@H]5NCCCCC)O[C@H](C)[C@@H](NCCCCC)[C@@H]4O)O[C@H](C)[C@@H](NCCCCC)[C@@H]3O)O[C@H](C)[C@@H](NCCCCC)[C@@H]2O)O[C@@H]1C. The van der Waals surface area contributed by atoms with Gasteiger partial charge in [-0.2, -0.15) is 0 Å². The highest BCUT2D eigenvalue weighted by Gasteiger charge is 2.56. The molecule has 12 N–H and O–H groups in total. The van der Waals surface area contributed by atoms with Crippen LogP contribution in [0, 0.1) is 0 Å². The number of hydrogen-bond donors (Lipinski definition) is 12. The van der Waals surface area contributed by atoms with Gasteiger partial charge in [-0.3, -0.25) is 0 Å². The Kier molecular flexibility index (Phi) is 29.4. The summed E-state index contributed by atoms with van der Waals surface area (Å²) in [4.78, 5) is 0. The largest absolute Gasteiger partial charge is 0.388 e. The van der Waals surface area contributed by atoms with Crippen molar-refractivity contribution < 1.29 is 78.4 Å². The lowest BCUT2D eigenvalue weighted by Gasteiger charge is -2.52. The van der Waals surface area contributed by atoms with Crippen molar-refractivity contribution in [1.82, 2.24) is 26.6 Å². The summed E-state index contributed by atoms with van der Waals surface area (Å²) in [6.07, 6.45) is -9.62. The zero-order valence-electron chi connectivity index (χ0n) is 47.9. The molecule has 0 radical (unpaired) electrons. The first-order valence-corrected chi connectivity index (χ1v) is 29.9. The Labute approximate surface area is 455 Å². The second-order valence-corrected chi connectivity index (χ2v) is 22.4. The smallest absolute Gasteiger partial charge is 0.187 e. The third-order valence-corrected chi connectivity index (χ3v) is 16.1. The minimum absolute atomic E-state index is 0.569. The number of aliphatic hydroxyl groups excluding tert-OH is 7. The molecule has 0 spiro atoms. The maximum atomic E-state index is 12.6. The number of unbranched alkanes of at least 4 members (excludes halogenated alkanes) is 10. The van der Waals surface area contributed by atoms with Gasteiger partial charge in [-0.05, 0) is 99.4 Å². The number of ether oxygens (including phenoxy) is 9. The van der Waals surface area contributed by atoms with E-state index in [1.165, 1.54) is 0 Å². The highest BCUT2D eigenvalue weighted by Crippen LogP contribution is 2.37. The van der Waals surface area contributed by atoms with Gasteiger partial charge in [-0.1, -0.05) is 98.8 Å². The Morgan fingerprint density at radius 1 is 0.289 bits per heavy atom. The molecule has 5 aliphatic rings. The normalized spacial score (nSPS) is 42.4. The average molecular weight is 1090 g/mol. The molecule has 0 saturated carbocycles. The fourth-order valence-corrected chi connectivity index (χ4v) is 11.4. The molecule has 0 bridgehead atoms. The topological polar surface area (TPSA) is 285 Å². The van der Waals surface area contributed by atoms with Crippen molar-refractivity contribution in [2.75, 3.05) is 32.7 Å². The summed E-state index contributed by atoms with van der Waals surface area (Å²) >= 11 is 0. The predicted molar refractivity (Wildman–Crippen MR) is 286 cm³/mol. The first-order chi connectivity index (χ1) is 36.5. The van der Waals surface area contributed by atoms with Crippen LogP contribution >= 0.6 is 0 Å². The van der Waals surface area contributed by atoms with Crippen LogP contribution in [0.3, 0.4) is 0 Å². The molecule has 0 aliphatic carbocycles. The summed E-state index contributed by atoms with van der Waals surface area (Å²) in [5, 5.41) is 100. The second-order valence-electron chi connectivity index (χ2n) is 22.4. The molecule has 76 heavy (non-hydrogen) atoms. The van der Waals surface area contributed by atoms with Crippen molar-refractivity contribution in [2.24, 2.45) is 0 Å². The summed E-state index contributed by atoms with van der Waals surface area (Å²) in [6, 6.07) is -3.19. The lowest BCUT2D eigenvalue weighted by molar-refractivity contribution is -0.393. The van der Waals surface area contributed by atoms with E-state index in [1.807, 2.05) is 20.8 Å². The van der Waals surface area contributed by atoms with Crippen LogP contribution in [-0.4, -0.2) is 222 Å². The van der Waals surface area contributed by atoms with Crippen LogP contribution in [0.15, 0.2) is 0 Å². The van der Waals surface area contributed by atoms with E-state index in [9.17, 15) is 35.7 Å². The van der Waals surface area contributed by atoms with E-state index in [1.54, 1.807) is 13.8 Å². The van der Waals surface area contributed by atoms with Crippen molar-refractivity contribution >= 4 is 0 Å². The first-order valence-electron chi connectivity index (χ1n) is 29.9. The minimum Gasteiger partial charge on any atom is -0.388 e. The maximum absolute atomic E-state index is 12.6. The Bertz CT molecular complexity index is 1560. The molecular weight excluding hydrogens is 987 g/mol. The Morgan fingerprint density at radius 2 is 0.553 bits per heavy atom. The minimum atomic E-state index is -1.57. The number of hydrogen-bond acceptors (Lipinski definition) is 21. The monoisotopic (exact) mass is 1090 g/mol. The fraction of sp³-hybridized carbons (Fsp3) is 1.00. The van der Waals surface area contributed by atoms with Gasteiger partial charge in [0, 0.05) is 0 Å². The zero-order chi connectivity index (χ0) is 55.5. The van der Waals surface area contributed by atoms with E-state index >= 15 is 0 Å². The fourth-order valence-electron chi connectivity index (χ4n) is 11.4. The van der Waals surface area contributed by atoms with E-state index in [-0.39, 0.29) is 0 Å². The van der Waals surface area contributed by atoms with Gasteiger partial charge in [0.2, 0.25) is 0 Å². The van der Waals surface area contributed by atoms with Gasteiger partial charge in [0.1, 0.15) is 61.0 Å². The van der Waals surface area contributed by atoms with Crippen LogP contribution in [0.4, 0.5) is 0 Å². The van der Waals surface area contributed by atoms with E-state index in [0.717, 1.165) is 96.3 Å². The molecule has 0 aromatic carbocycles. The Balaban J connectivity index is 1.51. The zero-order valence-corrected chi connectivity index (χ0v) is 47.9. The predicted octanol–water partition coefficient (Wildman–Crippen LogP) is 2.15. The molecule has 0 aromatic rings. The van der Waals surface area contributed by atoms with Gasteiger partial charge in [0.25, 0.3) is 0 Å². The molecular formula is C55H107N5O16. The van der Waals surface area contributed by atoms with Crippen LogP contribution < -0.4 is 26.6 Å². The van der Waals surface area contributed by atoms with Crippen LogP contribution in [0.2, 0.25) is 0 Å². The lowest BCUT2D eigenvalue weighted by atomic mass is 9.93. The van der Waals surface area contributed by atoms with Gasteiger partial charge >= 0.3 is 0 Å². The summed E-state index contributed by atoms with van der Waals surface area (Å²) in [5.74, 6) is 0. The van der Waals surface area contributed by atoms with E-state index in [2.05, 4.69) is 61.2 Å². The Hall–Kier alpha value is -0.840. The van der Waals surface area contributed by atoms with Gasteiger partial charge < -0.3 is 105 Å². The molecule has 5 fully saturated rings. The molecule has 0 aromatic heterocycles. The van der Waals surface area contributed by atoms with Crippen molar-refractivity contribution in [1.29, 1.82) is 0 Å². The van der Waals surface area contributed by atoms with E-state index in [0.29, 0.717) is 32.7 Å². The van der Waals surface area contributed by atoms with Crippen molar-refractivity contribution in [3.05, 3.63) is 0 Å². The quantitative estimate of drug-likeness (QED) is 0.0420. The highest BCUT2D eigenvalue weighted by molar-refractivity contribution is 5.02. The molecule has 5 rings (SSSR count). The summed E-state index contributed by atoms with van der Waals surface area (Å²) in [7, 11) is 0. The highest BCUT2D eigenvalue weighted by atomic mass is 16.8. The van der Waals surface area contributed by atoms with Gasteiger partial charge in [-0.15, -0.1) is 0 Å². The third kappa shape index (κ3) is 18.1. The van der Waals surface area contributed by atoms with Gasteiger partial charge in [-0.25, -0.2) is 0 Å². The third-order valence-electron chi connectivity index (χ3n) is 16.1. The number of aliphatic hydroxyl groups is 7. The molecule has 21 nitrogen and oxygen atoms in total. The summed E-state index contributed by atoms with van der Waals surface area (Å²) < 4.78 is 59.2. The number of rotatable bonds is 33. The lowest BCUT2D eigenvalue weighted by Crippen LogP contribution is -2.70. The van der Waals surface area contributed by atoms with Crippen LogP contribution in [0.1, 0.15) is 166 Å². The number of nitrogens with one attached hydrogen (secondary N) is 5. The van der Waals surface area contributed by atoms with Crippen molar-refractivity contribution in [2.45, 2.75) is 319 Å². The molecule has 0 amide bonds. The van der Waals surface area contributed by atoms with Crippen molar-refractivity contribution in [3.8, 4) is 0 Å². The van der Waals surface area contributed by atoms with E-state index in [4.69, 9.17) is 42.6 Å². The molecule has 21 heteroatoms. The van der Waals surface area contributed by atoms with E-state index < -0.39 is 153 Å². The van der Waals surface area contributed by atoms with Gasteiger partial charge in [0.15, 0.2) is 31.5 Å². The summed E-state index contributed by atoms with van der Waals surface area (Å²) in [6.45, 7) is 22.6. The van der Waals surface area contributed by atoms with Crippen LogP contribution in [-0.2, 0) is 42.6 Å². The van der Waals surface area contributed by atoms with Gasteiger partial charge in [0.05, 0.1) is 60.7 Å².